The molecule has 0 radical (unpaired) electrons. The summed E-state index contributed by atoms with van der Waals surface area (Å²) in [4.78, 5) is 0. The summed E-state index contributed by atoms with van der Waals surface area (Å²) in [6, 6.07) is 6.02. The molecule has 1 rings (SSSR count). The summed E-state index contributed by atoms with van der Waals surface area (Å²) < 4.78 is 16.2. The highest BCUT2D eigenvalue weighted by Gasteiger charge is 2.09. The monoisotopic (exact) mass is 267 g/mol. The first-order valence-electron chi connectivity index (χ1n) is 6.74. The van der Waals surface area contributed by atoms with Crippen LogP contribution in [-0.2, 0) is 11.3 Å². The minimum absolute atomic E-state index is 0.00275. The maximum absolute atomic E-state index is 5.79. The summed E-state index contributed by atoms with van der Waals surface area (Å²) in [7, 11) is 3.33. The van der Waals surface area contributed by atoms with Crippen molar-refractivity contribution in [3.05, 3.63) is 23.8 Å². The second-order valence-corrected chi connectivity index (χ2v) is 4.55. The molecule has 1 atom stereocenters. The Morgan fingerprint density at radius 3 is 2.63 bits per heavy atom. The van der Waals surface area contributed by atoms with E-state index in [-0.39, 0.29) is 6.10 Å². The predicted octanol–water partition coefficient (Wildman–Crippen LogP) is 2.61. The van der Waals surface area contributed by atoms with Crippen LogP contribution in [0.3, 0.4) is 0 Å². The Bertz CT molecular complexity index is 368. The van der Waals surface area contributed by atoms with Crippen LogP contribution in [0.25, 0.3) is 0 Å². The van der Waals surface area contributed by atoms with Crippen molar-refractivity contribution in [3.63, 3.8) is 0 Å². The molecular weight excluding hydrogens is 242 g/mol. The SMILES string of the molecule is CCCNCc1ccc(OC(C)COC)c(OC)c1. The Kier molecular flexibility index (Phi) is 7.30. The van der Waals surface area contributed by atoms with Crippen LogP contribution in [0.1, 0.15) is 25.8 Å². The third-order valence-corrected chi connectivity index (χ3v) is 2.71. The van der Waals surface area contributed by atoms with Gasteiger partial charge in [0.2, 0.25) is 0 Å². The number of nitrogens with one attached hydrogen (secondary N) is 1. The molecule has 1 aromatic carbocycles. The van der Waals surface area contributed by atoms with Crippen LogP contribution in [0, 0.1) is 0 Å². The average molecular weight is 267 g/mol. The zero-order valence-corrected chi connectivity index (χ0v) is 12.4. The van der Waals surface area contributed by atoms with Crippen LogP contribution < -0.4 is 14.8 Å². The van der Waals surface area contributed by atoms with Crippen LogP contribution in [0.15, 0.2) is 18.2 Å². The van der Waals surface area contributed by atoms with E-state index in [1.807, 2.05) is 19.1 Å². The van der Waals surface area contributed by atoms with Gasteiger partial charge in [-0.15, -0.1) is 0 Å². The van der Waals surface area contributed by atoms with Crippen molar-refractivity contribution in [2.75, 3.05) is 27.4 Å². The molecule has 0 fully saturated rings. The number of hydrogen-bond acceptors (Lipinski definition) is 4. The van der Waals surface area contributed by atoms with Crippen LogP contribution in [0.4, 0.5) is 0 Å². The van der Waals surface area contributed by atoms with Gasteiger partial charge in [0, 0.05) is 13.7 Å². The van der Waals surface area contributed by atoms with Crippen LogP contribution >= 0.6 is 0 Å². The molecule has 4 heteroatoms. The van der Waals surface area contributed by atoms with Gasteiger partial charge >= 0.3 is 0 Å². The molecular formula is C15H25NO3. The Labute approximate surface area is 116 Å². The third kappa shape index (κ3) is 5.49. The summed E-state index contributed by atoms with van der Waals surface area (Å²) in [5.41, 5.74) is 1.19. The van der Waals surface area contributed by atoms with E-state index in [2.05, 4.69) is 18.3 Å². The van der Waals surface area contributed by atoms with Crippen molar-refractivity contribution in [2.45, 2.75) is 32.9 Å². The fourth-order valence-electron chi connectivity index (χ4n) is 1.81. The first-order chi connectivity index (χ1) is 9.21. The normalized spacial score (nSPS) is 12.2. The van der Waals surface area contributed by atoms with Gasteiger partial charge in [0.25, 0.3) is 0 Å². The fraction of sp³-hybridized carbons (Fsp3) is 0.600. The molecule has 0 aliphatic carbocycles. The van der Waals surface area contributed by atoms with Gasteiger partial charge in [0.15, 0.2) is 11.5 Å². The topological polar surface area (TPSA) is 39.7 Å². The first-order valence-corrected chi connectivity index (χ1v) is 6.74. The molecule has 0 saturated carbocycles. The molecule has 19 heavy (non-hydrogen) atoms. The number of benzene rings is 1. The minimum atomic E-state index is 0.00275. The second kappa shape index (κ2) is 8.77. The van der Waals surface area contributed by atoms with Gasteiger partial charge in [-0.25, -0.2) is 0 Å². The van der Waals surface area contributed by atoms with Crippen molar-refractivity contribution in [2.24, 2.45) is 0 Å². The standard InChI is InChI=1S/C15H25NO3/c1-5-8-16-10-13-6-7-14(15(9-13)18-4)19-12(2)11-17-3/h6-7,9,12,16H,5,8,10-11H2,1-4H3. The van der Waals surface area contributed by atoms with E-state index in [4.69, 9.17) is 14.2 Å². The Hall–Kier alpha value is -1.26. The zero-order valence-electron chi connectivity index (χ0n) is 12.4. The Morgan fingerprint density at radius 2 is 2.00 bits per heavy atom. The van der Waals surface area contributed by atoms with Crippen molar-refractivity contribution in [1.29, 1.82) is 0 Å². The van der Waals surface area contributed by atoms with Gasteiger partial charge in [-0.1, -0.05) is 13.0 Å². The van der Waals surface area contributed by atoms with E-state index in [1.54, 1.807) is 14.2 Å². The molecule has 1 aromatic rings. The fourth-order valence-corrected chi connectivity index (χ4v) is 1.81. The van der Waals surface area contributed by atoms with Crippen LogP contribution in [0.5, 0.6) is 11.5 Å². The van der Waals surface area contributed by atoms with Crippen LogP contribution in [-0.4, -0.2) is 33.5 Å². The van der Waals surface area contributed by atoms with E-state index >= 15 is 0 Å². The Balaban J connectivity index is 2.67. The average Bonchev–Trinajstić information content (AvgIpc) is 2.41. The lowest BCUT2D eigenvalue weighted by Crippen LogP contribution is -2.18. The molecule has 4 nitrogen and oxygen atoms in total. The second-order valence-electron chi connectivity index (χ2n) is 4.55. The lowest BCUT2D eigenvalue weighted by atomic mass is 10.2. The Morgan fingerprint density at radius 1 is 1.21 bits per heavy atom. The smallest absolute Gasteiger partial charge is 0.161 e. The summed E-state index contributed by atoms with van der Waals surface area (Å²) in [5.74, 6) is 1.52. The van der Waals surface area contributed by atoms with Crippen LogP contribution in [0.2, 0.25) is 0 Å². The number of ether oxygens (including phenoxy) is 3. The summed E-state index contributed by atoms with van der Waals surface area (Å²) in [5, 5.41) is 3.37. The molecule has 0 bridgehead atoms. The quantitative estimate of drug-likeness (QED) is 0.698. The van der Waals surface area contributed by atoms with Gasteiger partial charge in [-0.05, 0) is 37.6 Å². The summed E-state index contributed by atoms with van der Waals surface area (Å²) >= 11 is 0. The number of rotatable bonds is 9. The van der Waals surface area contributed by atoms with Gasteiger partial charge in [-0.3, -0.25) is 0 Å². The molecule has 0 aromatic heterocycles. The molecule has 0 aliphatic heterocycles. The van der Waals surface area contributed by atoms with Crippen molar-refractivity contribution < 1.29 is 14.2 Å². The van der Waals surface area contributed by atoms with Crippen molar-refractivity contribution in [1.82, 2.24) is 5.32 Å². The van der Waals surface area contributed by atoms with E-state index in [9.17, 15) is 0 Å². The van der Waals surface area contributed by atoms with Gasteiger partial charge < -0.3 is 19.5 Å². The highest BCUT2D eigenvalue weighted by Crippen LogP contribution is 2.29. The number of hydrogen-bond donors (Lipinski definition) is 1. The zero-order chi connectivity index (χ0) is 14.1. The predicted molar refractivity (Wildman–Crippen MR) is 77.0 cm³/mol. The molecule has 0 saturated heterocycles. The van der Waals surface area contributed by atoms with E-state index in [0.717, 1.165) is 31.0 Å². The van der Waals surface area contributed by atoms with E-state index in [0.29, 0.717) is 6.61 Å². The van der Waals surface area contributed by atoms with Gasteiger partial charge in [0.1, 0.15) is 6.10 Å². The van der Waals surface area contributed by atoms with Crippen molar-refractivity contribution >= 4 is 0 Å². The van der Waals surface area contributed by atoms with E-state index < -0.39 is 0 Å². The molecule has 108 valence electrons. The first kappa shape index (κ1) is 15.8. The highest BCUT2D eigenvalue weighted by atomic mass is 16.5. The molecule has 0 heterocycles. The van der Waals surface area contributed by atoms with Crippen molar-refractivity contribution in [3.8, 4) is 11.5 Å². The van der Waals surface area contributed by atoms with Gasteiger partial charge in [0.05, 0.1) is 13.7 Å². The number of methoxy groups -OCH3 is 2. The third-order valence-electron chi connectivity index (χ3n) is 2.71. The molecule has 1 unspecified atom stereocenters. The molecule has 0 aliphatic rings. The highest BCUT2D eigenvalue weighted by molar-refractivity contribution is 5.43. The van der Waals surface area contributed by atoms with Gasteiger partial charge in [-0.2, -0.15) is 0 Å². The van der Waals surface area contributed by atoms with E-state index in [1.165, 1.54) is 5.56 Å². The maximum Gasteiger partial charge on any atom is 0.161 e. The lowest BCUT2D eigenvalue weighted by molar-refractivity contribution is 0.0899. The lowest BCUT2D eigenvalue weighted by Gasteiger charge is -2.17. The molecule has 1 N–H and O–H groups in total. The molecule has 0 spiro atoms. The molecule has 0 amide bonds. The maximum atomic E-state index is 5.79. The summed E-state index contributed by atoms with van der Waals surface area (Å²) in [6.07, 6.45) is 1.13. The summed E-state index contributed by atoms with van der Waals surface area (Å²) in [6.45, 7) is 6.55. The largest absolute Gasteiger partial charge is 0.493 e. The minimum Gasteiger partial charge on any atom is -0.493 e.